The lowest BCUT2D eigenvalue weighted by atomic mass is 10.1. The van der Waals surface area contributed by atoms with Gasteiger partial charge in [0.15, 0.2) is 0 Å². The highest BCUT2D eigenvalue weighted by Gasteiger charge is 2.06. The summed E-state index contributed by atoms with van der Waals surface area (Å²) in [6.07, 6.45) is 2.43. The second kappa shape index (κ2) is 5.19. The van der Waals surface area contributed by atoms with Crippen LogP contribution >= 0.6 is 15.9 Å². The van der Waals surface area contributed by atoms with Crippen LogP contribution in [0, 0.1) is 0 Å². The van der Waals surface area contributed by atoms with Crippen LogP contribution in [0.4, 0.5) is 5.82 Å². The molecule has 0 aliphatic rings. The number of pyridine rings is 1. The summed E-state index contributed by atoms with van der Waals surface area (Å²) < 4.78 is 6.25. The van der Waals surface area contributed by atoms with Crippen LogP contribution in [0.1, 0.15) is 11.1 Å². The second-order valence-corrected chi connectivity index (χ2v) is 4.54. The lowest BCUT2D eigenvalue weighted by Gasteiger charge is -2.08. The highest BCUT2D eigenvalue weighted by atomic mass is 79.9. The first-order valence-electron chi connectivity index (χ1n) is 5.22. The van der Waals surface area contributed by atoms with Gasteiger partial charge >= 0.3 is 0 Å². The van der Waals surface area contributed by atoms with E-state index in [1.54, 1.807) is 13.3 Å². The fourth-order valence-corrected chi connectivity index (χ4v) is 2.01. The standard InChI is InChI=1S/C13H13BrN2O/c1-17-11-4-5-12(14)10(8-11)7-9-3-2-6-16-13(9)15/h2-6,8H,7H2,1H3,(H2,15,16). The lowest BCUT2D eigenvalue weighted by Crippen LogP contribution is -1.99. The molecule has 3 nitrogen and oxygen atoms in total. The normalized spacial score (nSPS) is 10.2. The van der Waals surface area contributed by atoms with Gasteiger partial charge in [-0.1, -0.05) is 22.0 Å². The molecule has 0 radical (unpaired) electrons. The lowest BCUT2D eigenvalue weighted by molar-refractivity contribution is 0.414. The van der Waals surface area contributed by atoms with Gasteiger partial charge in [0.25, 0.3) is 0 Å². The average Bonchev–Trinajstić information content (AvgIpc) is 2.35. The largest absolute Gasteiger partial charge is 0.497 e. The van der Waals surface area contributed by atoms with Gasteiger partial charge in [-0.25, -0.2) is 4.98 Å². The predicted molar refractivity (Wildman–Crippen MR) is 72.1 cm³/mol. The van der Waals surface area contributed by atoms with Crippen molar-refractivity contribution in [2.45, 2.75) is 6.42 Å². The third kappa shape index (κ3) is 2.77. The zero-order valence-corrected chi connectivity index (χ0v) is 11.1. The van der Waals surface area contributed by atoms with Crippen LogP contribution in [0.5, 0.6) is 5.75 Å². The first-order chi connectivity index (χ1) is 8.20. The van der Waals surface area contributed by atoms with Crippen molar-refractivity contribution in [1.29, 1.82) is 0 Å². The quantitative estimate of drug-likeness (QED) is 0.946. The number of halogens is 1. The van der Waals surface area contributed by atoms with Crippen molar-refractivity contribution >= 4 is 21.7 Å². The summed E-state index contributed by atoms with van der Waals surface area (Å²) in [6.45, 7) is 0. The van der Waals surface area contributed by atoms with E-state index in [4.69, 9.17) is 10.5 Å². The van der Waals surface area contributed by atoms with Crippen molar-refractivity contribution in [3.05, 3.63) is 52.1 Å². The van der Waals surface area contributed by atoms with Gasteiger partial charge in [0.2, 0.25) is 0 Å². The molecule has 2 rings (SSSR count). The number of ether oxygens (including phenoxy) is 1. The molecular weight excluding hydrogens is 280 g/mol. The average molecular weight is 293 g/mol. The number of rotatable bonds is 3. The summed E-state index contributed by atoms with van der Waals surface area (Å²) in [5, 5.41) is 0. The predicted octanol–water partition coefficient (Wildman–Crippen LogP) is 3.03. The smallest absolute Gasteiger partial charge is 0.126 e. The Morgan fingerprint density at radius 2 is 2.12 bits per heavy atom. The molecule has 0 saturated carbocycles. The Labute approximate surface area is 109 Å². The molecule has 0 fully saturated rings. The van der Waals surface area contributed by atoms with Crippen molar-refractivity contribution in [2.24, 2.45) is 0 Å². The van der Waals surface area contributed by atoms with Gasteiger partial charge in [0.1, 0.15) is 11.6 Å². The Balaban J connectivity index is 2.32. The van der Waals surface area contributed by atoms with E-state index in [-0.39, 0.29) is 0 Å². The Morgan fingerprint density at radius 3 is 2.82 bits per heavy atom. The molecule has 17 heavy (non-hydrogen) atoms. The van der Waals surface area contributed by atoms with E-state index >= 15 is 0 Å². The number of hydrogen-bond acceptors (Lipinski definition) is 3. The molecular formula is C13H13BrN2O. The van der Waals surface area contributed by atoms with Gasteiger partial charge in [-0.05, 0) is 35.4 Å². The van der Waals surface area contributed by atoms with Crippen LogP contribution < -0.4 is 10.5 Å². The third-order valence-corrected chi connectivity index (χ3v) is 3.33. The van der Waals surface area contributed by atoms with Crippen LogP contribution in [0.2, 0.25) is 0 Å². The van der Waals surface area contributed by atoms with E-state index in [0.717, 1.165) is 27.8 Å². The number of anilines is 1. The van der Waals surface area contributed by atoms with Crippen molar-refractivity contribution in [3.63, 3.8) is 0 Å². The molecule has 0 unspecified atom stereocenters. The summed E-state index contributed by atoms with van der Waals surface area (Å²) >= 11 is 3.52. The van der Waals surface area contributed by atoms with Gasteiger partial charge in [0.05, 0.1) is 7.11 Å². The fraction of sp³-hybridized carbons (Fsp3) is 0.154. The van der Waals surface area contributed by atoms with E-state index in [1.165, 1.54) is 0 Å². The molecule has 0 aliphatic heterocycles. The molecule has 1 aromatic heterocycles. The number of benzene rings is 1. The molecule has 4 heteroatoms. The number of nitrogen functional groups attached to an aromatic ring is 1. The van der Waals surface area contributed by atoms with Crippen molar-refractivity contribution in [3.8, 4) is 5.75 Å². The summed E-state index contributed by atoms with van der Waals surface area (Å²) in [7, 11) is 1.66. The molecule has 0 bridgehead atoms. The topological polar surface area (TPSA) is 48.1 Å². The minimum atomic E-state index is 0.571. The van der Waals surface area contributed by atoms with Gasteiger partial charge < -0.3 is 10.5 Å². The van der Waals surface area contributed by atoms with Crippen LogP contribution in [0.15, 0.2) is 41.0 Å². The molecule has 0 spiro atoms. The molecule has 0 atom stereocenters. The van der Waals surface area contributed by atoms with Gasteiger partial charge in [0, 0.05) is 17.1 Å². The van der Waals surface area contributed by atoms with E-state index in [9.17, 15) is 0 Å². The summed E-state index contributed by atoms with van der Waals surface area (Å²) in [4.78, 5) is 4.08. The molecule has 0 aliphatic carbocycles. The van der Waals surface area contributed by atoms with E-state index in [1.807, 2.05) is 30.3 Å². The maximum atomic E-state index is 5.83. The van der Waals surface area contributed by atoms with Crippen molar-refractivity contribution in [1.82, 2.24) is 4.98 Å². The summed E-state index contributed by atoms with van der Waals surface area (Å²) in [6, 6.07) is 9.76. The Kier molecular flexibility index (Phi) is 3.64. The minimum absolute atomic E-state index is 0.571. The fourth-order valence-electron chi connectivity index (χ4n) is 1.62. The molecule has 1 aromatic carbocycles. The Bertz CT molecular complexity index is 529. The maximum absolute atomic E-state index is 5.83. The zero-order chi connectivity index (χ0) is 12.3. The molecule has 0 amide bonds. The van der Waals surface area contributed by atoms with Crippen LogP contribution in [-0.2, 0) is 6.42 Å². The number of nitrogens with zero attached hydrogens (tertiary/aromatic N) is 1. The number of methoxy groups -OCH3 is 1. The minimum Gasteiger partial charge on any atom is -0.497 e. The third-order valence-electron chi connectivity index (χ3n) is 2.56. The van der Waals surface area contributed by atoms with Gasteiger partial charge in [-0.15, -0.1) is 0 Å². The Morgan fingerprint density at radius 1 is 1.29 bits per heavy atom. The van der Waals surface area contributed by atoms with Crippen molar-refractivity contribution < 1.29 is 4.74 Å². The summed E-state index contributed by atoms with van der Waals surface area (Å²) in [5.74, 6) is 1.41. The second-order valence-electron chi connectivity index (χ2n) is 3.68. The van der Waals surface area contributed by atoms with Crippen LogP contribution in [0.25, 0.3) is 0 Å². The summed E-state index contributed by atoms with van der Waals surface area (Å²) in [5.41, 5.74) is 7.98. The van der Waals surface area contributed by atoms with E-state index < -0.39 is 0 Å². The molecule has 0 saturated heterocycles. The molecule has 88 valence electrons. The van der Waals surface area contributed by atoms with Crippen molar-refractivity contribution in [2.75, 3.05) is 12.8 Å². The SMILES string of the molecule is COc1ccc(Br)c(Cc2cccnc2N)c1. The van der Waals surface area contributed by atoms with Gasteiger partial charge in [-0.3, -0.25) is 0 Å². The highest BCUT2D eigenvalue weighted by molar-refractivity contribution is 9.10. The number of nitrogens with two attached hydrogens (primary N) is 1. The molecule has 2 aromatic rings. The van der Waals surface area contributed by atoms with E-state index in [2.05, 4.69) is 20.9 Å². The maximum Gasteiger partial charge on any atom is 0.126 e. The van der Waals surface area contributed by atoms with E-state index in [0.29, 0.717) is 5.82 Å². The molecule has 1 heterocycles. The first kappa shape index (κ1) is 11.9. The highest BCUT2D eigenvalue weighted by Crippen LogP contribution is 2.25. The molecule has 2 N–H and O–H groups in total. The number of hydrogen-bond donors (Lipinski definition) is 1. The van der Waals surface area contributed by atoms with Crippen LogP contribution in [-0.4, -0.2) is 12.1 Å². The van der Waals surface area contributed by atoms with Crippen LogP contribution in [0.3, 0.4) is 0 Å². The number of aromatic nitrogens is 1. The monoisotopic (exact) mass is 292 g/mol. The first-order valence-corrected chi connectivity index (χ1v) is 6.02. The zero-order valence-electron chi connectivity index (χ0n) is 9.48. The van der Waals surface area contributed by atoms with Gasteiger partial charge in [-0.2, -0.15) is 0 Å². The Hall–Kier alpha value is -1.55.